The van der Waals surface area contributed by atoms with Gasteiger partial charge in [-0.15, -0.1) is 0 Å². The quantitative estimate of drug-likeness (QED) is 0.666. The summed E-state index contributed by atoms with van der Waals surface area (Å²) in [5.74, 6) is -0.709. The highest BCUT2D eigenvalue weighted by Crippen LogP contribution is 2.32. The lowest BCUT2D eigenvalue weighted by molar-refractivity contribution is -0.309. The minimum absolute atomic E-state index is 0.0208. The largest absolute Gasteiger partial charge is 0.548 e. The van der Waals surface area contributed by atoms with Crippen molar-refractivity contribution in [2.45, 2.75) is 84.6 Å². The number of hydrogen-bond acceptors (Lipinski definition) is 3. The number of carboxylic acid groups (broad SMARTS) is 1. The molecule has 1 fully saturated rings. The first-order valence-corrected chi connectivity index (χ1v) is 8.96. The van der Waals surface area contributed by atoms with Crippen LogP contribution in [0.15, 0.2) is 0 Å². The molecule has 0 saturated heterocycles. The van der Waals surface area contributed by atoms with Crippen LogP contribution in [0.25, 0.3) is 0 Å². The lowest BCUT2D eigenvalue weighted by Gasteiger charge is -2.30. The number of nitrogens with one attached hydrogen (secondary N) is 1. The second kappa shape index (κ2) is 9.86. The summed E-state index contributed by atoms with van der Waals surface area (Å²) < 4.78 is 0. The molecule has 0 spiro atoms. The zero-order valence-electron chi connectivity index (χ0n) is 14.4. The minimum atomic E-state index is -1.19. The first-order valence-electron chi connectivity index (χ1n) is 8.96. The van der Waals surface area contributed by atoms with Crippen LogP contribution >= 0.6 is 0 Å². The molecule has 4 nitrogen and oxygen atoms in total. The van der Waals surface area contributed by atoms with E-state index < -0.39 is 12.0 Å². The van der Waals surface area contributed by atoms with Crippen LogP contribution in [0, 0.1) is 17.8 Å². The Morgan fingerprint density at radius 1 is 1.09 bits per heavy atom. The molecule has 0 aromatic heterocycles. The Morgan fingerprint density at radius 2 is 1.73 bits per heavy atom. The molecular weight excluding hydrogens is 278 g/mol. The molecule has 1 rings (SSSR count). The van der Waals surface area contributed by atoms with Crippen LogP contribution in [0.3, 0.4) is 0 Å². The van der Waals surface area contributed by atoms with Gasteiger partial charge in [0.05, 0.1) is 12.0 Å². The zero-order valence-corrected chi connectivity index (χ0v) is 14.4. The van der Waals surface area contributed by atoms with Gasteiger partial charge in [0.15, 0.2) is 0 Å². The van der Waals surface area contributed by atoms with E-state index in [1.54, 1.807) is 13.8 Å². The van der Waals surface area contributed by atoms with E-state index in [1.807, 2.05) is 0 Å². The number of unbranched alkanes of at least 4 members (excludes halogenated alkanes) is 3. The Morgan fingerprint density at radius 3 is 2.23 bits per heavy atom. The second-order valence-electron chi connectivity index (χ2n) is 7.12. The first kappa shape index (κ1) is 19.0. The molecule has 1 unspecified atom stereocenters. The van der Waals surface area contributed by atoms with Gasteiger partial charge < -0.3 is 15.2 Å². The van der Waals surface area contributed by atoms with E-state index in [1.165, 1.54) is 32.1 Å². The smallest absolute Gasteiger partial charge is 0.223 e. The van der Waals surface area contributed by atoms with E-state index in [9.17, 15) is 14.7 Å². The van der Waals surface area contributed by atoms with Gasteiger partial charge in [0.2, 0.25) is 5.91 Å². The number of hydrogen-bond donors (Lipinski definition) is 1. The van der Waals surface area contributed by atoms with Crippen molar-refractivity contribution in [1.82, 2.24) is 5.32 Å². The lowest BCUT2D eigenvalue weighted by Crippen LogP contribution is -2.52. The van der Waals surface area contributed by atoms with E-state index in [0.29, 0.717) is 0 Å². The summed E-state index contributed by atoms with van der Waals surface area (Å²) in [7, 11) is 0. The molecule has 0 bridgehead atoms. The lowest BCUT2D eigenvalue weighted by atomic mass is 9.79. The third kappa shape index (κ3) is 6.37. The van der Waals surface area contributed by atoms with Crippen LogP contribution in [0.4, 0.5) is 0 Å². The maximum absolute atomic E-state index is 12.2. The molecule has 1 N–H and O–H groups in total. The summed E-state index contributed by atoms with van der Waals surface area (Å²) in [6.45, 7) is 5.79. The molecule has 1 amide bonds. The topological polar surface area (TPSA) is 69.2 Å². The molecule has 0 aliphatic heterocycles. The fraction of sp³-hybridized carbons (Fsp3) is 0.889. The highest BCUT2D eigenvalue weighted by molar-refractivity contribution is 5.84. The summed E-state index contributed by atoms with van der Waals surface area (Å²) in [5.41, 5.74) is 0. The number of rotatable bonds is 9. The molecular formula is C18H32NO3-. The van der Waals surface area contributed by atoms with E-state index in [0.717, 1.165) is 31.6 Å². The third-order valence-corrected chi connectivity index (χ3v) is 4.90. The number of carboxylic acids is 1. The van der Waals surface area contributed by atoms with Gasteiger partial charge in [0.25, 0.3) is 0 Å². The van der Waals surface area contributed by atoms with Crippen molar-refractivity contribution in [2.75, 3.05) is 0 Å². The van der Waals surface area contributed by atoms with Gasteiger partial charge in [-0.25, -0.2) is 0 Å². The SMILES string of the molecule is CCCCCCC1CCC(C(=O)NC(C(=O)[O-])C(C)C)CC1. The Kier molecular flexibility index (Phi) is 8.51. The summed E-state index contributed by atoms with van der Waals surface area (Å²) in [5, 5.41) is 13.7. The summed E-state index contributed by atoms with van der Waals surface area (Å²) in [6.07, 6.45) is 10.5. The van der Waals surface area contributed by atoms with E-state index in [4.69, 9.17) is 0 Å². The molecule has 0 aromatic rings. The van der Waals surface area contributed by atoms with Crippen molar-refractivity contribution >= 4 is 11.9 Å². The summed E-state index contributed by atoms with van der Waals surface area (Å²) in [4.78, 5) is 23.3. The average molecular weight is 310 g/mol. The predicted molar refractivity (Wildman–Crippen MR) is 86.0 cm³/mol. The molecule has 1 saturated carbocycles. The number of carbonyl (C=O) groups is 2. The van der Waals surface area contributed by atoms with E-state index in [-0.39, 0.29) is 17.7 Å². The van der Waals surface area contributed by atoms with Crippen molar-refractivity contribution < 1.29 is 14.7 Å². The maximum Gasteiger partial charge on any atom is 0.223 e. The van der Waals surface area contributed by atoms with Gasteiger partial charge in [-0.05, 0) is 37.5 Å². The maximum atomic E-state index is 12.2. The van der Waals surface area contributed by atoms with Crippen molar-refractivity contribution in [3.05, 3.63) is 0 Å². The van der Waals surface area contributed by atoms with Crippen molar-refractivity contribution in [3.63, 3.8) is 0 Å². The molecule has 0 radical (unpaired) electrons. The Hall–Kier alpha value is -1.06. The monoisotopic (exact) mass is 310 g/mol. The minimum Gasteiger partial charge on any atom is -0.548 e. The number of carbonyl (C=O) groups excluding carboxylic acids is 2. The zero-order chi connectivity index (χ0) is 16.5. The van der Waals surface area contributed by atoms with E-state index >= 15 is 0 Å². The van der Waals surface area contributed by atoms with Crippen LogP contribution in [-0.4, -0.2) is 17.9 Å². The molecule has 1 aliphatic carbocycles. The van der Waals surface area contributed by atoms with Crippen molar-refractivity contribution in [2.24, 2.45) is 17.8 Å². The normalized spacial score (nSPS) is 23.3. The second-order valence-corrected chi connectivity index (χ2v) is 7.12. The van der Waals surface area contributed by atoms with E-state index in [2.05, 4.69) is 12.2 Å². The van der Waals surface area contributed by atoms with Gasteiger partial charge in [-0.2, -0.15) is 0 Å². The molecule has 0 aromatic carbocycles. The Labute approximate surface area is 135 Å². The van der Waals surface area contributed by atoms with Gasteiger partial charge >= 0.3 is 0 Å². The van der Waals surface area contributed by atoms with Gasteiger partial charge in [0, 0.05) is 5.92 Å². The summed E-state index contributed by atoms with van der Waals surface area (Å²) in [6, 6.07) is -0.876. The molecule has 128 valence electrons. The Bertz CT molecular complexity index is 346. The van der Waals surface area contributed by atoms with Crippen LogP contribution in [0.1, 0.15) is 78.6 Å². The fourth-order valence-corrected chi connectivity index (χ4v) is 3.34. The van der Waals surface area contributed by atoms with Crippen LogP contribution in [0.2, 0.25) is 0 Å². The predicted octanol–water partition coefficient (Wildman–Crippen LogP) is 2.65. The summed E-state index contributed by atoms with van der Waals surface area (Å²) >= 11 is 0. The molecule has 0 heterocycles. The molecule has 22 heavy (non-hydrogen) atoms. The molecule has 1 atom stereocenters. The van der Waals surface area contributed by atoms with Gasteiger partial charge in [0.1, 0.15) is 0 Å². The van der Waals surface area contributed by atoms with Crippen LogP contribution in [-0.2, 0) is 9.59 Å². The highest BCUT2D eigenvalue weighted by atomic mass is 16.4. The van der Waals surface area contributed by atoms with Crippen molar-refractivity contribution in [1.29, 1.82) is 0 Å². The molecule has 1 aliphatic rings. The first-order chi connectivity index (χ1) is 10.5. The van der Waals surface area contributed by atoms with Gasteiger partial charge in [-0.1, -0.05) is 52.9 Å². The van der Waals surface area contributed by atoms with Crippen LogP contribution in [0.5, 0.6) is 0 Å². The standard InChI is InChI=1S/C18H33NO3/c1-4-5-6-7-8-14-9-11-15(12-10-14)17(20)19-16(13(2)3)18(21)22/h13-16H,4-12H2,1-3H3,(H,19,20)(H,21,22)/p-1. The average Bonchev–Trinajstić information content (AvgIpc) is 2.49. The van der Waals surface area contributed by atoms with Crippen molar-refractivity contribution in [3.8, 4) is 0 Å². The fourth-order valence-electron chi connectivity index (χ4n) is 3.34. The van der Waals surface area contributed by atoms with Gasteiger partial charge in [-0.3, -0.25) is 4.79 Å². The Balaban J connectivity index is 2.31. The third-order valence-electron chi connectivity index (χ3n) is 4.90. The number of amides is 1. The molecule has 4 heteroatoms. The number of aliphatic carboxylic acids is 1. The highest BCUT2D eigenvalue weighted by Gasteiger charge is 2.28. The van der Waals surface area contributed by atoms with Crippen LogP contribution < -0.4 is 10.4 Å².